The monoisotopic (exact) mass is 428 g/mol. The van der Waals surface area contributed by atoms with Gasteiger partial charge in [0, 0.05) is 35.9 Å². The number of nitrogens with zero attached hydrogens (tertiary/aromatic N) is 3. The van der Waals surface area contributed by atoms with Gasteiger partial charge < -0.3 is 10.5 Å². The molecule has 1 heterocycles. The van der Waals surface area contributed by atoms with Crippen LogP contribution in [0.15, 0.2) is 77.2 Å². The van der Waals surface area contributed by atoms with Crippen molar-refractivity contribution in [2.75, 3.05) is 0 Å². The molecule has 0 bridgehead atoms. The van der Waals surface area contributed by atoms with E-state index in [-0.39, 0.29) is 0 Å². The van der Waals surface area contributed by atoms with Crippen LogP contribution in [0.5, 0.6) is 5.88 Å². The van der Waals surface area contributed by atoms with Gasteiger partial charge in [0.2, 0.25) is 5.88 Å². The molecule has 5 heteroatoms. The summed E-state index contributed by atoms with van der Waals surface area (Å²) in [5, 5.41) is 0. The fraction of sp³-hybridized carbons (Fsp3) is 0.370. The van der Waals surface area contributed by atoms with Gasteiger partial charge in [-0.3, -0.25) is 0 Å². The first-order chi connectivity index (χ1) is 15.8. The summed E-state index contributed by atoms with van der Waals surface area (Å²) in [7, 11) is 0. The summed E-state index contributed by atoms with van der Waals surface area (Å²) in [6.45, 7) is 0. The standard InChI is InChI=1S/C27H32N4O/c28-20-29-23-15-7-8-17-25(18-23)32-26-19-24(16-9-12-21-10-3-1-4-11-21)30-27(31-26)22-13-5-2-6-14-22/h1,3-4,7-8,10-11,17-20,22H,2,5-6,9,12-16H2,(H2,28,29). The largest absolute Gasteiger partial charge is 0.439 e. The minimum Gasteiger partial charge on any atom is -0.439 e. The molecule has 5 nitrogen and oxygen atoms in total. The van der Waals surface area contributed by atoms with Gasteiger partial charge in [-0.05, 0) is 43.7 Å². The molecule has 2 aromatic rings. The first-order valence-corrected chi connectivity index (χ1v) is 11.7. The maximum absolute atomic E-state index is 6.22. The van der Waals surface area contributed by atoms with Crippen molar-refractivity contribution in [3.63, 3.8) is 0 Å². The van der Waals surface area contributed by atoms with Crippen LogP contribution in [0.2, 0.25) is 0 Å². The first-order valence-electron chi connectivity index (χ1n) is 11.7. The Morgan fingerprint density at radius 1 is 1.06 bits per heavy atom. The van der Waals surface area contributed by atoms with Crippen LogP contribution in [0.3, 0.4) is 0 Å². The van der Waals surface area contributed by atoms with Gasteiger partial charge >= 0.3 is 0 Å². The van der Waals surface area contributed by atoms with Crippen LogP contribution >= 0.6 is 0 Å². The van der Waals surface area contributed by atoms with Gasteiger partial charge in [-0.25, -0.2) is 9.98 Å². The number of benzene rings is 1. The van der Waals surface area contributed by atoms with Crippen LogP contribution in [0.1, 0.15) is 67.9 Å². The van der Waals surface area contributed by atoms with Crippen LogP contribution in [0, 0.1) is 0 Å². The van der Waals surface area contributed by atoms with Crippen LogP contribution < -0.4 is 10.5 Å². The molecule has 166 valence electrons. The number of nitrogens with two attached hydrogens (primary N) is 1. The second-order valence-electron chi connectivity index (χ2n) is 8.45. The molecule has 0 unspecified atom stereocenters. The topological polar surface area (TPSA) is 73.4 Å². The normalized spacial score (nSPS) is 17.1. The lowest BCUT2D eigenvalue weighted by Crippen LogP contribution is -2.11. The summed E-state index contributed by atoms with van der Waals surface area (Å²) in [6, 6.07) is 12.6. The summed E-state index contributed by atoms with van der Waals surface area (Å²) >= 11 is 0. The van der Waals surface area contributed by atoms with E-state index in [0.29, 0.717) is 17.6 Å². The molecule has 0 aliphatic heterocycles. The van der Waals surface area contributed by atoms with Crippen molar-refractivity contribution in [3.8, 4) is 5.88 Å². The first kappa shape index (κ1) is 22.0. The van der Waals surface area contributed by atoms with Crippen molar-refractivity contribution < 1.29 is 4.74 Å². The highest BCUT2D eigenvalue weighted by Crippen LogP contribution is 2.32. The molecule has 0 atom stereocenters. The zero-order valence-corrected chi connectivity index (χ0v) is 18.6. The summed E-state index contributed by atoms with van der Waals surface area (Å²) in [6.07, 6.45) is 19.0. The summed E-state index contributed by atoms with van der Waals surface area (Å²) in [5.41, 5.74) is 8.76. The number of aromatic nitrogens is 2. The molecule has 4 rings (SSSR count). The third-order valence-corrected chi connectivity index (χ3v) is 5.98. The van der Waals surface area contributed by atoms with Crippen LogP contribution in [-0.4, -0.2) is 16.3 Å². The predicted octanol–water partition coefficient (Wildman–Crippen LogP) is 5.79. The van der Waals surface area contributed by atoms with Gasteiger partial charge in [-0.1, -0.05) is 61.7 Å². The van der Waals surface area contributed by atoms with E-state index in [0.717, 1.165) is 55.7 Å². The Hall–Kier alpha value is -3.21. The molecule has 1 aromatic carbocycles. The van der Waals surface area contributed by atoms with Gasteiger partial charge in [0.25, 0.3) is 0 Å². The minimum absolute atomic E-state index is 0.427. The van der Waals surface area contributed by atoms with Crippen LogP contribution in [-0.2, 0) is 12.8 Å². The van der Waals surface area contributed by atoms with Gasteiger partial charge in [0.05, 0.1) is 6.34 Å². The number of rotatable bonds is 8. The zero-order valence-electron chi connectivity index (χ0n) is 18.6. The van der Waals surface area contributed by atoms with Crippen LogP contribution in [0.25, 0.3) is 0 Å². The average molecular weight is 429 g/mol. The Labute approximate surface area is 190 Å². The molecule has 1 aromatic heterocycles. The second-order valence-corrected chi connectivity index (χ2v) is 8.45. The lowest BCUT2D eigenvalue weighted by atomic mass is 9.88. The van der Waals surface area contributed by atoms with Crippen LogP contribution in [0.4, 0.5) is 0 Å². The molecule has 0 radical (unpaired) electrons. The Kier molecular flexibility index (Phi) is 7.85. The van der Waals surface area contributed by atoms with Crippen molar-refractivity contribution in [3.05, 3.63) is 89.2 Å². The highest BCUT2D eigenvalue weighted by atomic mass is 16.5. The molecule has 32 heavy (non-hydrogen) atoms. The molecule has 2 N–H and O–H groups in total. The zero-order chi connectivity index (χ0) is 22.0. The smallest absolute Gasteiger partial charge is 0.222 e. The summed E-state index contributed by atoms with van der Waals surface area (Å²) < 4.78 is 6.22. The third-order valence-electron chi connectivity index (χ3n) is 5.98. The fourth-order valence-electron chi connectivity index (χ4n) is 4.33. The van der Waals surface area contributed by atoms with Crippen molar-refractivity contribution in [1.82, 2.24) is 9.97 Å². The Balaban J connectivity index is 1.53. The minimum atomic E-state index is 0.427. The second kappa shape index (κ2) is 11.4. The third kappa shape index (κ3) is 6.39. The molecule has 2 aliphatic carbocycles. The SMILES string of the molecule is NC=NC1=CC(Oc2cc(CCCc3ccccc3)nc(C3CCCCC3)n2)=CC=CC1. The molecule has 1 fully saturated rings. The molecule has 2 aliphatic rings. The number of aliphatic imine (C=N–C) groups is 1. The number of allylic oxidation sites excluding steroid dienone is 4. The maximum atomic E-state index is 6.22. The fourth-order valence-corrected chi connectivity index (χ4v) is 4.33. The van der Waals surface area contributed by atoms with Crippen molar-refractivity contribution in [2.45, 2.75) is 63.7 Å². The van der Waals surface area contributed by atoms with E-state index in [1.807, 2.05) is 30.4 Å². The van der Waals surface area contributed by atoms with E-state index in [1.165, 1.54) is 31.2 Å². The van der Waals surface area contributed by atoms with E-state index >= 15 is 0 Å². The molecular formula is C27H32N4O. The Bertz CT molecular complexity index is 1000. The average Bonchev–Trinajstić information content (AvgIpc) is 3.05. The van der Waals surface area contributed by atoms with Crippen molar-refractivity contribution in [1.29, 1.82) is 0 Å². The van der Waals surface area contributed by atoms with Gasteiger partial charge in [0.1, 0.15) is 11.6 Å². The Morgan fingerprint density at radius 2 is 1.91 bits per heavy atom. The highest BCUT2D eigenvalue weighted by Gasteiger charge is 2.20. The van der Waals surface area contributed by atoms with E-state index in [1.54, 1.807) is 0 Å². The van der Waals surface area contributed by atoms with Gasteiger partial charge in [-0.2, -0.15) is 4.98 Å². The number of aryl methyl sites for hydroxylation is 2. The molecule has 0 amide bonds. The summed E-state index contributed by atoms with van der Waals surface area (Å²) in [4.78, 5) is 14.0. The van der Waals surface area contributed by atoms with Crippen molar-refractivity contribution >= 4 is 6.34 Å². The predicted molar refractivity (Wildman–Crippen MR) is 130 cm³/mol. The van der Waals surface area contributed by atoms with Gasteiger partial charge in [0.15, 0.2) is 0 Å². The number of hydrogen-bond donors (Lipinski definition) is 1. The highest BCUT2D eigenvalue weighted by molar-refractivity contribution is 5.54. The number of ether oxygens (including phenoxy) is 1. The Morgan fingerprint density at radius 3 is 2.72 bits per heavy atom. The van der Waals surface area contributed by atoms with E-state index in [9.17, 15) is 0 Å². The van der Waals surface area contributed by atoms with E-state index < -0.39 is 0 Å². The lowest BCUT2D eigenvalue weighted by molar-refractivity contribution is 0.399. The maximum Gasteiger partial charge on any atom is 0.222 e. The molecular weight excluding hydrogens is 396 g/mol. The van der Waals surface area contributed by atoms with Crippen molar-refractivity contribution in [2.24, 2.45) is 10.7 Å². The summed E-state index contributed by atoms with van der Waals surface area (Å²) in [5.74, 6) is 2.69. The lowest BCUT2D eigenvalue weighted by Gasteiger charge is -2.21. The van der Waals surface area contributed by atoms with E-state index in [2.05, 4.69) is 35.3 Å². The molecule has 1 saturated carbocycles. The van der Waals surface area contributed by atoms with E-state index in [4.69, 9.17) is 20.4 Å². The molecule has 0 spiro atoms. The molecule has 0 saturated heterocycles. The quantitative estimate of drug-likeness (QED) is 0.426. The number of hydrogen-bond acceptors (Lipinski definition) is 4. The van der Waals surface area contributed by atoms with Gasteiger partial charge in [-0.15, -0.1) is 0 Å².